The topological polar surface area (TPSA) is 52.7 Å². The van der Waals surface area contributed by atoms with E-state index in [4.69, 9.17) is 0 Å². The van der Waals surface area contributed by atoms with Gasteiger partial charge in [-0.25, -0.2) is 0 Å². The molecule has 5 nitrogen and oxygen atoms in total. The molecular formula is C23H35N3O2S. The number of nitrogens with zero attached hydrogens (tertiary/aromatic N) is 2. The zero-order valence-electron chi connectivity index (χ0n) is 18.0. The Balaban J connectivity index is 1.40. The van der Waals surface area contributed by atoms with Crippen molar-refractivity contribution in [1.82, 2.24) is 15.1 Å². The molecule has 1 aliphatic carbocycles. The van der Waals surface area contributed by atoms with Crippen molar-refractivity contribution in [2.75, 3.05) is 26.7 Å². The number of carbonyl (C=O) groups excluding carboxylic acids is 2. The van der Waals surface area contributed by atoms with Crippen LogP contribution in [0.1, 0.15) is 55.9 Å². The highest BCUT2D eigenvalue weighted by atomic mass is 32.1. The Bertz CT molecular complexity index is 721. The highest BCUT2D eigenvalue weighted by Crippen LogP contribution is 2.30. The van der Waals surface area contributed by atoms with E-state index >= 15 is 0 Å². The molecule has 1 aliphatic heterocycles. The molecule has 0 radical (unpaired) electrons. The molecule has 0 spiro atoms. The number of carbonyl (C=O) groups is 2. The molecule has 0 bridgehead atoms. The van der Waals surface area contributed by atoms with Crippen LogP contribution < -0.4 is 5.32 Å². The minimum absolute atomic E-state index is 0.0196. The number of piperidine rings is 1. The summed E-state index contributed by atoms with van der Waals surface area (Å²) in [4.78, 5) is 30.1. The second kappa shape index (κ2) is 10.4. The lowest BCUT2D eigenvalue weighted by Crippen LogP contribution is -2.51. The molecule has 29 heavy (non-hydrogen) atoms. The van der Waals surface area contributed by atoms with E-state index in [1.165, 1.54) is 31.8 Å². The number of amides is 2. The molecule has 1 N–H and O–H groups in total. The van der Waals surface area contributed by atoms with Crippen LogP contribution in [0.25, 0.3) is 6.08 Å². The van der Waals surface area contributed by atoms with Gasteiger partial charge in [0, 0.05) is 36.1 Å². The van der Waals surface area contributed by atoms with E-state index in [9.17, 15) is 9.59 Å². The van der Waals surface area contributed by atoms with Gasteiger partial charge in [-0.2, -0.15) is 0 Å². The molecule has 1 saturated heterocycles. The minimum Gasteiger partial charge on any atom is -0.343 e. The lowest BCUT2D eigenvalue weighted by molar-refractivity contribution is -0.133. The number of rotatable bonds is 6. The molecule has 160 valence electrons. The number of hydrogen-bond donors (Lipinski definition) is 1. The van der Waals surface area contributed by atoms with Crippen LogP contribution in [0.2, 0.25) is 0 Å². The van der Waals surface area contributed by atoms with Gasteiger partial charge in [0.15, 0.2) is 0 Å². The molecule has 0 aromatic carbocycles. The lowest BCUT2D eigenvalue weighted by Gasteiger charge is -2.44. The first-order chi connectivity index (χ1) is 14.0. The molecule has 2 atom stereocenters. The monoisotopic (exact) mass is 417 g/mol. The number of thiophene rings is 1. The van der Waals surface area contributed by atoms with Gasteiger partial charge in [0.05, 0.1) is 6.54 Å². The van der Waals surface area contributed by atoms with E-state index in [0.717, 1.165) is 42.3 Å². The van der Waals surface area contributed by atoms with Crippen molar-refractivity contribution < 1.29 is 9.59 Å². The molecule has 2 aliphatic rings. The molecular weight excluding hydrogens is 382 g/mol. The molecule has 2 amide bonds. The maximum Gasteiger partial charge on any atom is 0.244 e. The SMILES string of the molecule is Cc1ccsc1/C=C/C(=O)NCC(=O)N1CCC(N(C)C2CCCCC2C)CC1. The van der Waals surface area contributed by atoms with Crippen molar-refractivity contribution in [2.45, 2.75) is 64.5 Å². The van der Waals surface area contributed by atoms with Crippen molar-refractivity contribution in [1.29, 1.82) is 0 Å². The Kier molecular flexibility index (Phi) is 7.90. The highest BCUT2D eigenvalue weighted by molar-refractivity contribution is 7.11. The zero-order valence-corrected chi connectivity index (χ0v) is 18.8. The predicted molar refractivity (Wildman–Crippen MR) is 120 cm³/mol. The fourth-order valence-corrected chi connectivity index (χ4v) is 5.55. The molecule has 1 aromatic heterocycles. The number of hydrogen-bond acceptors (Lipinski definition) is 4. The average molecular weight is 418 g/mol. The Hall–Kier alpha value is -1.66. The van der Waals surface area contributed by atoms with Crippen LogP contribution in [0.15, 0.2) is 17.5 Å². The highest BCUT2D eigenvalue weighted by Gasteiger charge is 2.32. The number of nitrogens with one attached hydrogen (secondary N) is 1. The standard InChI is InChI=1S/C23H35N3O2S/c1-17-6-4-5-7-20(17)25(3)19-10-13-26(14-11-19)23(28)16-24-22(27)9-8-21-18(2)12-15-29-21/h8-9,12,15,17,19-20H,4-7,10-11,13-14,16H2,1-3H3,(H,24,27)/b9-8+. The Morgan fingerprint density at radius 2 is 1.97 bits per heavy atom. The van der Waals surface area contributed by atoms with Gasteiger partial charge in [-0.3, -0.25) is 9.59 Å². The number of aryl methyl sites for hydroxylation is 1. The van der Waals surface area contributed by atoms with Crippen LogP contribution in [-0.2, 0) is 9.59 Å². The van der Waals surface area contributed by atoms with Crippen molar-refractivity contribution in [2.24, 2.45) is 5.92 Å². The summed E-state index contributed by atoms with van der Waals surface area (Å²) in [7, 11) is 2.27. The van der Waals surface area contributed by atoms with Gasteiger partial charge >= 0.3 is 0 Å². The largest absolute Gasteiger partial charge is 0.343 e. The van der Waals surface area contributed by atoms with Crippen LogP contribution in [-0.4, -0.2) is 60.4 Å². The summed E-state index contributed by atoms with van der Waals surface area (Å²) in [6.07, 6.45) is 10.7. The summed E-state index contributed by atoms with van der Waals surface area (Å²) in [6, 6.07) is 3.28. The number of likely N-dealkylation sites (tertiary alicyclic amines) is 1. The van der Waals surface area contributed by atoms with E-state index in [1.807, 2.05) is 29.3 Å². The van der Waals surface area contributed by atoms with Crippen molar-refractivity contribution in [3.8, 4) is 0 Å². The van der Waals surface area contributed by atoms with Gasteiger partial charge in [-0.1, -0.05) is 19.8 Å². The van der Waals surface area contributed by atoms with Gasteiger partial charge in [0.1, 0.15) is 0 Å². The summed E-state index contributed by atoms with van der Waals surface area (Å²) in [5.74, 6) is 0.577. The van der Waals surface area contributed by atoms with Crippen molar-refractivity contribution in [3.63, 3.8) is 0 Å². The van der Waals surface area contributed by atoms with Gasteiger partial charge in [-0.05, 0) is 68.7 Å². The molecule has 2 unspecified atom stereocenters. The molecule has 2 heterocycles. The second-order valence-electron chi connectivity index (χ2n) is 8.63. The van der Waals surface area contributed by atoms with E-state index in [2.05, 4.69) is 24.2 Å². The van der Waals surface area contributed by atoms with Crippen LogP contribution in [0.5, 0.6) is 0 Å². The second-order valence-corrected chi connectivity index (χ2v) is 9.57. The summed E-state index contributed by atoms with van der Waals surface area (Å²) >= 11 is 1.61. The summed E-state index contributed by atoms with van der Waals surface area (Å²) < 4.78 is 0. The Morgan fingerprint density at radius 3 is 2.62 bits per heavy atom. The molecule has 1 aromatic rings. The fourth-order valence-electron chi connectivity index (χ4n) is 4.74. The summed E-state index contributed by atoms with van der Waals surface area (Å²) in [6.45, 7) is 6.06. The molecule has 1 saturated carbocycles. The first-order valence-electron chi connectivity index (χ1n) is 11.0. The first-order valence-corrected chi connectivity index (χ1v) is 11.8. The summed E-state index contributed by atoms with van der Waals surface area (Å²) in [5.41, 5.74) is 1.16. The third-order valence-electron chi connectivity index (χ3n) is 6.68. The predicted octanol–water partition coefficient (Wildman–Crippen LogP) is 3.69. The third-order valence-corrected chi connectivity index (χ3v) is 7.67. The van der Waals surface area contributed by atoms with E-state index < -0.39 is 0 Å². The van der Waals surface area contributed by atoms with Gasteiger partial charge in [0.2, 0.25) is 11.8 Å². The smallest absolute Gasteiger partial charge is 0.244 e. The van der Waals surface area contributed by atoms with E-state index in [-0.39, 0.29) is 18.4 Å². The first kappa shape index (κ1) is 22.0. The normalized spacial score (nSPS) is 23.7. The van der Waals surface area contributed by atoms with E-state index in [1.54, 1.807) is 11.3 Å². The molecule has 6 heteroatoms. The van der Waals surface area contributed by atoms with Crippen LogP contribution in [0, 0.1) is 12.8 Å². The Labute approximate surface area is 179 Å². The van der Waals surface area contributed by atoms with Gasteiger partial charge < -0.3 is 15.1 Å². The van der Waals surface area contributed by atoms with Crippen molar-refractivity contribution in [3.05, 3.63) is 28.0 Å². The minimum atomic E-state index is -0.216. The van der Waals surface area contributed by atoms with Crippen LogP contribution in [0.4, 0.5) is 0 Å². The fraction of sp³-hybridized carbons (Fsp3) is 0.652. The van der Waals surface area contributed by atoms with Gasteiger partial charge in [0.25, 0.3) is 0 Å². The Morgan fingerprint density at radius 1 is 1.24 bits per heavy atom. The zero-order chi connectivity index (χ0) is 20.8. The molecule has 3 rings (SSSR count). The van der Waals surface area contributed by atoms with Crippen LogP contribution in [0.3, 0.4) is 0 Å². The maximum absolute atomic E-state index is 12.5. The quantitative estimate of drug-likeness (QED) is 0.718. The lowest BCUT2D eigenvalue weighted by atomic mass is 9.84. The van der Waals surface area contributed by atoms with Crippen molar-refractivity contribution >= 4 is 29.2 Å². The van der Waals surface area contributed by atoms with Crippen LogP contribution >= 0.6 is 11.3 Å². The maximum atomic E-state index is 12.5. The molecule has 2 fully saturated rings. The summed E-state index contributed by atoms with van der Waals surface area (Å²) in [5, 5.41) is 4.74. The van der Waals surface area contributed by atoms with E-state index in [0.29, 0.717) is 12.1 Å². The average Bonchev–Trinajstić information content (AvgIpc) is 3.15. The van der Waals surface area contributed by atoms with Gasteiger partial charge in [-0.15, -0.1) is 11.3 Å². The third kappa shape index (κ3) is 5.92.